The molecule has 1 N–H and O–H groups in total. The van der Waals surface area contributed by atoms with Gasteiger partial charge in [0.05, 0.1) is 0 Å². The van der Waals surface area contributed by atoms with Crippen LogP contribution in [0.15, 0.2) is 36.4 Å². The van der Waals surface area contributed by atoms with Crippen molar-refractivity contribution < 1.29 is 19.0 Å². The van der Waals surface area contributed by atoms with Crippen LogP contribution in [0.3, 0.4) is 0 Å². The van der Waals surface area contributed by atoms with E-state index in [0.29, 0.717) is 42.3 Å². The lowest BCUT2D eigenvalue weighted by Gasteiger charge is -2.20. The molecule has 0 bridgehead atoms. The Hall–Kier alpha value is -2.69. The standard InChI is InChI=1S/C22H27NO4/c1-14(2)17-6-5-7-18(15(3)4)22(17)23-21(24)13-27-16-8-9-19-20(12-16)26-11-10-25-19/h5-9,12,14-15H,10-11,13H2,1-4H3,(H,23,24). The van der Waals surface area contributed by atoms with E-state index in [1.807, 2.05) is 6.07 Å². The fraction of sp³-hybridized carbons (Fsp3) is 0.409. The van der Waals surface area contributed by atoms with Crippen molar-refractivity contribution >= 4 is 11.6 Å². The van der Waals surface area contributed by atoms with Crippen LogP contribution >= 0.6 is 0 Å². The zero-order valence-electron chi connectivity index (χ0n) is 16.4. The molecule has 2 aromatic rings. The topological polar surface area (TPSA) is 56.8 Å². The maximum atomic E-state index is 12.5. The molecule has 1 amide bonds. The van der Waals surface area contributed by atoms with Gasteiger partial charge in [0.1, 0.15) is 19.0 Å². The molecule has 1 aliphatic heterocycles. The van der Waals surface area contributed by atoms with Crippen molar-refractivity contribution in [2.45, 2.75) is 39.5 Å². The highest BCUT2D eigenvalue weighted by atomic mass is 16.6. The number of carbonyl (C=O) groups excluding carboxylic acids is 1. The third-order valence-corrected chi connectivity index (χ3v) is 4.52. The molecule has 1 aliphatic rings. The predicted molar refractivity (Wildman–Crippen MR) is 106 cm³/mol. The van der Waals surface area contributed by atoms with Crippen LogP contribution in [0.25, 0.3) is 0 Å². The largest absolute Gasteiger partial charge is 0.486 e. The van der Waals surface area contributed by atoms with Crippen LogP contribution in [0, 0.1) is 0 Å². The molecule has 0 aromatic heterocycles. The van der Waals surface area contributed by atoms with Crippen molar-refractivity contribution in [3.63, 3.8) is 0 Å². The van der Waals surface area contributed by atoms with Crippen LogP contribution in [0.2, 0.25) is 0 Å². The van der Waals surface area contributed by atoms with Gasteiger partial charge in [-0.3, -0.25) is 4.79 Å². The van der Waals surface area contributed by atoms with Crippen LogP contribution in [-0.4, -0.2) is 25.7 Å². The van der Waals surface area contributed by atoms with Gasteiger partial charge in [-0.2, -0.15) is 0 Å². The molecule has 0 spiro atoms. The summed E-state index contributed by atoms with van der Waals surface area (Å²) in [6.07, 6.45) is 0. The molecule has 144 valence electrons. The van der Waals surface area contributed by atoms with Gasteiger partial charge in [-0.15, -0.1) is 0 Å². The summed E-state index contributed by atoms with van der Waals surface area (Å²) in [6, 6.07) is 11.5. The summed E-state index contributed by atoms with van der Waals surface area (Å²) in [7, 11) is 0. The molecule has 2 aromatic carbocycles. The minimum atomic E-state index is -0.181. The molecule has 27 heavy (non-hydrogen) atoms. The number of ether oxygens (including phenoxy) is 3. The number of nitrogens with one attached hydrogen (secondary N) is 1. The van der Waals surface area contributed by atoms with E-state index in [1.165, 1.54) is 0 Å². The van der Waals surface area contributed by atoms with Crippen LogP contribution < -0.4 is 19.5 Å². The molecule has 0 aliphatic carbocycles. The van der Waals surface area contributed by atoms with Crippen molar-refractivity contribution in [2.75, 3.05) is 25.1 Å². The number of amides is 1. The molecule has 3 rings (SSSR count). The predicted octanol–water partition coefficient (Wildman–Crippen LogP) is 4.72. The smallest absolute Gasteiger partial charge is 0.262 e. The number of rotatable bonds is 6. The zero-order valence-corrected chi connectivity index (χ0v) is 16.4. The van der Waals surface area contributed by atoms with Crippen LogP contribution in [-0.2, 0) is 4.79 Å². The second-order valence-corrected chi connectivity index (χ2v) is 7.26. The third kappa shape index (κ3) is 4.54. The number of fused-ring (bicyclic) bond motifs is 1. The molecule has 0 saturated carbocycles. The molecule has 0 unspecified atom stereocenters. The normalized spacial score (nSPS) is 13.0. The average molecular weight is 369 g/mol. The Balaban J connectivity index is 1.69. The minimum absolute atomic E-state index is 0.0659. The van der Waals surface area contributed by atoms with E-state index in [1.54, 1.807) is 18.2 Å². The third-order valence-electron chi connectivity index (χ3n) is 4.52. The van der Waals surface area contributed by atoms with E-state index in [-0.39, 0.29) is 12.5 Å². The molecule has 5 nitrogen and oxygen atoms in total. The fourth-order valence-corrected chi connectivity index (χ4v) is 3.13. The van der Waals surface area contributed by atoms with Gasteiger partial charge in [-0.05, 0) is 35.1 Å². The lowest BCUT2D eigenvalue weighted by molar-refractivity contribution is -0.118. The average Bonchev–Trinajstić information content (AvgIpc) is 2.66. The fourth-order valence-electron chi connectivity index (χ4n) is 3.13. The van der Waals surface area contributed by atoms with Crippen molar-refractivity contribution in [3.8, 4) is 17.2 Å². The van der Waals surface area contributed by atoms with Crippen LogP contribution in [0.4, 0.5) is 5.69 Å². The highest BCUT2D eigenvalue weighted by Crippen LogP contribution is 2.34. The van der Waals surface area contributed by atoms with E-state index in [2.05, 4.69) is 45.1 Å². The summed E-state index contributed by atoms with van der Waals surface area (Å²) in [4.78, 5) is 12.5. The summed E-state index contributed by atoms with van der Waals surface area (Å²) >= 11 is 0. The summed E-state index contributed by atoms with van der Waals surface area (Å²) < 4.78 is 16.7. The maximum absolute atomic E-state index is 12.5. The van der Waals surface area contributed by atoms with Gasteiger partial charge < -0.3 is 19.5 Å². The summed E-state index contributed by atoms with van der Waals surface area (Å²) in [5.41, 5.74) is 3.17. The van der Waals surface area contributed by atoms with Gasteiger partial charge in [0.15, 0.2) is 18.1 Å². The first-order chi connectivity index (χ1) is 13.0. The Labute approximate surface area is 160 Å². The first-order valence-electron chi connectivity index (χ1n) is 9.40. The quantitative estimate of drug-likeness (QED) is 0.800. The SMILES string of the molecule is CC(C)c1cccc(C(C)C)c1NC(=O)COc1ccc2c(c1)OCCO2. The number of hydrogen-bond donors (Lipinski definition) is 1. The van der Waals surface area contributed by atoms with E-state index in [0.717, 1.165) is 16.8 Å². The van der Waals surface area contributed by atoms with E-state index >= 15 is 0 Å². The second kappa shape index (κ2) is 8.33. The lowest BCUT2D eigenvalue weighted by Crippen LogP contribution is -2.22. The van der Waals surface area contributed by atoms with Gasteiger partial charge in [-0.25, -0.2) is 0 Å². The molecule has 1 heterocycles. The highest BCUT2D eigenvalue weighted by molar-refractivity contribution is 5.93. The van der Waals surface area contributed by atoms with Gasteiger partial charge in [0.2, 0.25) is 0 Å². The Morgan fingerprint density at radius 3 is 2.26 bits per heavy atom. The summed E-state index contributed by atoms with van der Waals surface area (Å²) in [6.45, 7) is 9.50. The minimum Gasteiger partial charge on any atom is -0.486 e. The van der Waals surface area contributed by atoms with Gasteiger partial charge >= 0.3 is 0 Å². The molecular formula is C22H27NO4. The molecule has 0 fully saturated rings. The Morgan fingerprint density at radius 1 is 1.00 bits per heavy atom. The Kier molecular flexibility index (Phi) is 5.89. The number of benzene rings is 2. The first-order valence-corrected chi connectivity index (χ1v) is 9.40. The van der Waals surface area contributed by atoms with Crippen molar-refractivity contribution in [1.29, 1.82) is 0 Å². The summed E-state index contributed by atoms with van der Waals surface area (Å²) in [5, 5.41) is 3.05. The Bertz CT molecular complexity index is 788. The van der Waals surface area contributed by atoms with Crippen molar-refractivity contribution in [2.24, 2.45) is 0 Å². The van der Waals surface area contributed by atoms with Crippen molar-refractivity contribution in [3.05, 3.63) is 47.5 Å². The van der Waals surface area contributed by atoms with Gasteiger partial charge in [-0.1, -0.05) is 45.9 Å². The maximum Gasteiger partial charge on any atom is 0.262 e. The zero-order chi connectivity index (χ0) is 19.4. The van der Waals surface area contributed by atoms with Crippen LogP contribution in [0.5, 0.6) is 17.2 Å². The number of anilines is 1. The van der Waals surface area contributed by atoms with E-state index in [4.69, 9.17) is 14.2 Å². The second-order valence-electron chi connectivity index (χ2n) is 7.26. The van der Waals surface area contributed by atoms with Gasteiger partial charge in [0, 0.05) is 11.8 Å². The molecule has 0 radical (unpaired) electrons. The number of carbonyl (C=O) groups is 1. The lowest BCUT2D eigenvalue weighted by atomic mass is 9.92. The highest BCUT2D eigenvalue weighted by Gasteiger charge is 2.17. The van der Waals surface area contributed by atoms with Gasteiger partial charge in [0.25, 0.3) is 5.91 Å². The first kappa shape index (κ1) is 19.1. The number of hydrogen-bond acceptors (Lipinski definition) is 4. The monoisotopic (exact) mass is 369 g/mol. The van der Waals surface area contributed by atoms with E-state index in [9.17, 15) is 4.79 Å². The van der Waals surface area contributed by atoms with Crippen molar-refractivity contribution in [1.82, 2.24) is 0 Å². The van der Waals surface area contributed by atoms with E-state index < -0.39 is 0 Å². The number of para-hydroxylation sites is 1. The molecular weight excluding hydrogens is 342 g/mol. The molecule has 5 heteroatoms. The van der Waals surface area contributed by atoms with Crippen LogP contribution in [0.1, 0.15) is 50.7 Å². The molecule has 0 atom stereocenters. The Morgan fingerprint density at radius 2 is 1.63 bits per heavy atom. The summed E-state index contributed by atoms with van der Waals surface area (Å²) in [5.74, 6) is 2.38. The molecule has 0 saturated heterocycles.